The summed E-state index contributed by atoms with van der Waals surface area (Å²) in [6.45, 7) is -0.0173. The van der Waals surface area contributed by atoms with E-state index in [1.54, 1.807) is 24.3 Å². The van der Waals surface area contributed by atoms with Crippen LogP contribution in [0.1, 0.15) is 15.9 Å². The first-order chi connectivity index (χ1) is 7.13. The summed E-state index contributed by atoms with van der Waals surface area (Å²) in [5, 5.41) is 0. The summed E-state index contributed by atoms with van der Waals surface area (Å²) in [7, 11) is -1.33. The molecule has 5 nitrogen and oxygen atoms in total. The second-order valence-electron chi connectivity index (χ2n) is 2.70. The van der Waals surface area contributed by atoms with E-state index in [4.69, 9.17) is 4.89 Å². The van der Waals surface area contributed by atoms with Crippen molar-refractivity contribution < 1.29 is 23.5 Å². The molecule has 0 aromatic heterocycles. The molecule has 1 aromatic carbocycles. The Bertz CT molecular complexity index is 377. The van der Waals surface area contributed by atoms with Gasteiger partial charge in [0.2, 0.25) is 0 Å². The van der Waals surface area contributed by atoms with E-state index in [0.29, 0.717) is 11.1 Å². The molecular weight excluding hydrogens is 219 g/mol. The molecule has 0 aliphatic carbocycles. The molecule has 15 heavy (non-hydrogen) atoms. The second-order valence-corrected chi connectivity index (χ2v) is 3.44. The summed E-state index contributed by atoms with van der Waals surface area (Å²) in [4.78, 5) is 19.6. The molecule has 0 saturated carbocycles. The first-order valence-electron chi connectivity index (χ1n) is 4.10. The summed E-state index contributed by atoms with van der Waals surface area (Å²) < 4.78 is 19.3. The third-order valence-corrected chi connectivity index (χ3v) is 2.04. The smallest absolute Gasteiger partial charge is 0.465 e. The van der Waals surface area contributed by atoms with Crippen LogP contribution in [-0.4, -0.2) is 18.0 Å². The first-order valence-corrected chi connectivity index (χ1v) is 5.23. The van der Waals surface area contributed by atoms with Gasteiger partial charge in [0.1, 0.15) is 6.61 Å². The summed E-state index contributed by atoms with van der Waals surface area (Å²) in [5.74, 6) is -0.453. The Morgan fingerprint density at radius 2 is 2.27 bits per heavy atom. The predicted octanol–water partition coefficient (Wildman–Crippen LogP) is 1.64. The Balaban J connectivity index is 2.74. The molecule has 80 valence electrons. The van der Waals surface area contributed by atoms with Crippen LogP contribution < -0.4 is 0 Å². The van der Waals surface area contributed by atoms with Crippen LogP contribution >= 0.6 is 8.25 Å². The molecule has 1 aromatic rings. The molecule has 1 N–H and O–H groups in total. The van der Waals surface area contributed by atoms with Crippen molar-refractivity contribution in [2.45, 2.75) is 6.61 Å². The van der Waals surface area contributed by atoms with Crippen LogP contribution in [0, 0.1) is 0 Å². The summed E-state index contributed by atoms with van der Waals surface area (Å²) in [6, 6.07) is 6.47. The highest BCUT2D eigenvalue weighted by molar-refractivity contribution is 7.32. The van der Waals surface area contributed by atoms with Crippen molar-refractivity contribution in [3.63, 3.8) is 0 Å². The third-order valence-electron chi connectivity index (χ3n) is 1.69. The van der Waals surface area contributed by atoms with Crippen LogP contribution in [-0.2, 0) is 20.4 Å². The molecule has 0 saturated heterocycles. The maximum Gasteiger partial charge on any atom is 0.695 e. The molecule has 0 fully saturated rings. The van der Waals surface area contributed by atoms with Crippen molar-refractivity contribution >= 4 is 14.2 Å². The first kappa shape index (κ1) is 11.8. The van der Waals surface area contributed by atoms with Gasteiger partial charge in [-0.05, 0) is 17.7 Å². The number of rotatable bonds is 4. The highest BCUT2D eigenvalue weighted by Gasteiger charge is 2.13. The zero-order chi connectivity index (χ0) is 11.3. The number of benzene rings is 1. The maximum atomic E-state index is 11.1. The van der Waals surface area contributed by atoms with E-state index in [-0.39, 0.29) is 6.61 Å². The molecule has 0 amide bonds. The fourth-order valence-electron chi connectivity index (χ4n) is 1.04. The summed E-state index contributed by atoms with van der Waals surface area (Å²) in [6.07, 6.45) is 0. The van der Waals surface area contributed by atoms with Crippen LogP contribution in [0.3, 0.4) is 0 Å². The predicted molar refractivity (Wildman–Crippen MR) is 52.4 cm³/mol. The number of carbonyl (C=O) groups excluding carboxylic acids is 1. The minimum absolute atomic E-state index is 0.0173. The molecule has 6 heteroatoms. The van der Waals surface area contributed by atoms with Gasteiger partial charge in [0.05, 0.1) is 12.7 Å². The van der Waals surface area contributed by atoms with Crippen LogP contribution in [0.25, 0.3) is 0 Å². The van der Waals surface area contributed by atoms with Gasteiger partial charge >= 0.3 is 14.2 Å². The van der Waals surface area contributed by atoms with Crippen molar-refractivity contribution in [3.05, 3.63) is 35.4 Å². The van der Waals surface area contributed by atoms with Crippen LogP contribution in [0.15, 0.2) is 24.3 Å². The number of esters is 1. The van der Waals surface area contributed by atoms with Gasteiger partial charge in [-0.1, -0.05) is 12.1 Å². The fourth-order valence-corrected chi connectivity index (χ4v) is 1.30. The van der Waals surface area contributed by atoms with Gasteiger partial charge < -0.3 is 4.74 Å². The molecule has 0 heterocycles. The van der Waals surface area contributed by atoms with Gasteiger partial charge in [-0.25, -0.2) is 4.79 Å². The second kappa shape index (κ2) is 5.56. The molecule has 1 atom stereocenters. The Morgan fingerprint density at radius 1 is 1.53 bits per heavy atom. The number of methoxy groups -OCH3 is 1. The average Bonchev–Trinajstić information content (AvgIpc) is 2.25. The van der Waals surface area contributed by atoms with Gasteiger partial charge in [-0.3, -0.25) is 0 Å². The van der Waals surface area contributed by atoms with E-state index < -0.39 is 14.2 Å². The van der Waals surface area contributed by atoms with Crippen molar-refractivity contribution in [2.75, 3.05) is 7.11 Å². The fraction of sp³-hybridized carbons (Fsp3) is 0.222. The molecule has 0 bridgehead atoms. The molecular formula is C9H10O5P+. The zero-order valence-corrected chi connectivity index (χ0v) is 8.94. The Kier molecular flexibility index (Phi) is 4.37. The lowest BCUT2D eigenvalue weighted by molar-refractivity contribution is 0.0600. The Morgan fingerprint density at radius 3 is 2.87 bits per heavy atom. The normalized spacial score (nSPS) is 10.9. The number of hydrogen-bond donors (Lipinski definition) is 1. The van der Waals surface area contributed by atoms with Crippen molar-refractivity contribution in [3.8, 4) is 0 Å². The van der Waals surface area contributed by atoms with Crippen molar-refractivity contribution in [1.29, 1.82) is 0 Å². The number of hydrogen-bond acceptors (Lipinski definition) is 4. The van der Waals surface area contributed by atoms with Crippen molar-refractivity contribution in [2.24, 2.45) is 0 Å². The molecule has 0 aliphatic heterocycles. The minimum Gasteiger partial charge on any atom is -0.465 e. The monoisotopic (exact) mass is 229 g/mol. The third kappa shape index (κ3) is 3.75. The molecule has 0 spiro atoms. The highest BCUT2D eigenvalue weighted by atomic mass is 31.1. The largest absolute Gasteiger partial charge is 0.695 e. The SMILES string of the molecule is COC(=O)c1cccc(CO[P+](=O)O)c1. The number of carbonyl (C=O) groups is 1. The van der Waals surface area contributed by atoms with Gasteiger partial charge in [0.25, 0.3) is 0 Å². The van der Waals surface area contributed by atoms with E-state index in [1.807, 2.05) is 0 Å². The topological polar surface area (TPSA) is 72.8 Å². The Labute approximate surface area is 87.6 Å². The summed E-state index contributed by atoms with van der Waals surface area (Å²) >= 11 is 0. The maximum absolute atomic E-state index is 11.1. The van der Waals surface area contributed by atoms with E-state index in [2.05, 4.69) is 9.26 Å². The molecule has 0 aliphatic rings. The quantitative estimate of drug-likeness (QED) is 0.627. The van der Waals surface area contributed by atoms with E-state index >= 15 is 0 Å². The highest BCUT2D eigenvalue weighted by Crippen LogP contribution is 2.18. The lowest BCUT2D eigenvalue weighted by atomic mass is 10.1. The lowest BCUT2D eigenvalue weighted by Gasteiger charge is -2.00. The minimum atomic E-state index is -2.62. The van der Waals surface area contributed by atoms with Gasteiger partial charge in [0.15, 0.2) is 0 Å². The van der Waals surface area contributed by atoms with Crippen LogP contribution in [0.2, 0.25) is 0 Å². The van der Waals surface area contributed by atoms with Crippen LogP contribution in [0.5, 0.6) is 0 Å². The Hall–Kier alpha value is -1.29. The van der Waals surface area contributed by atoms with Gasteiger partial charge in [-0.15, -0.1) is 9.42 Å². The van der Waals surface area contributed by atoms with Crippen molar-refractivity contribution in [1.82, 2.24) is 0 Å². The molecule has 1 rings (SSSR count). The standard InChI is InChI=1S/C9H9O5P/c1-13-9(10)8-4-2-3-7(5-8)6-14-15(11)12/h2-5H,6H2,1H3/p+1. The molecule has 0 radical (unpaired) electrons. The van der Waals surface area contributed by atoms with E-state index in [9.17, 15) is 9.36 Å². The lowest BCUT2D eigenvalue weighted by Crippen LogP contribution is -2.01. The van der Waals surface area contributed by atoms with E-state index in [1.165, 1.54) is 7.11 Å². The average molecular weight is 229 g/mol. The van der Waals surface area contributed by atoms with Gasteiger partial charge in [0, 0.05) is 4.57 Å². The summed E-state index contributed by atoms with van der Waals surface area (Å²) in [5.41, 5.74) is 1.02. The molecule has 1 unspecified atom stereocenters. The van der Waals surface area contributed by atoms with Gasteiger partial charge in [-0.2, -0.15) is 0 Å². The zero-order valence-electron chi connectivity index (χ0n) is 8.04. The van der Waals surface area contributed by atoms with E-state index in [0.717, 1.165) is 0 Å². The number of ether oxygens (including phenoxy) is 1. The van der Waals surface area contributed by atoms with Crippen LogP contribution in [0.4, 0.5) is 0 Å².